The summed E-state index contributed by atoms with van der Waals surface area (Å²) in [5.41, 5.74) is 1.04. The molecule has 0 spiro atoms. The first kappa shape index (κ1) is 14.8. The minimum atomic E-state index is -0.924. The molecule has 2 N–H and O–H groups in total. The summed E-state index contributed by atoms with van der Waals surface area (Å²) in [4.78, 5) is 13.7. The molecule has 0 aliphatic carbocycles. The Bertz CT molecular complexity index is 502. The number of piperidine rings is 1. The normalized spacial score (nSPS) is 19.0. The summed E-state index contributed by atoms with van der Waals surface area (Å²) in [6, 6.07) is 0. The predicted molar refractivity (Wildman–Crippen MR) is 78.2 cm³/mol. The molecule has 0 aromatic carbocycles. The van der Waals surface area contributed by atoms with Gasteiger partial charge in [-0.1, -0.05) is 6.92 Å². The van der Waals surface area contributed by atoms with E-state index in [-0.39, 0.29) is 11.0 Å². The van der Waals surface area contributed by atoms with Crippen LogP contribution in [0.2, 0.25) is 0 Å². The van der Waals surface area contributed by atoms with E-state index in [2.05, 4.69) is 29.3 Å². The number of nitrogens with one attached hydrogen (secondary N) is 1. The Morgan fingerprint density at radius 1 is 1.40 bits per heavy atom. The van der Waals surface area contributed by atoms with Crippen molar-refractivity contribution in [1.29, 1.82) is 0 Å². The van der Waals surface area contributed by atoms with Crippen LogP contribution in [0.5, 0.6) is 0 Å². The maximum atomic E-state index is 11.3. The average Bonchev–Trinajstić information content (AvgIpc) is 2.66. The Labute approximate surface area is 119 Å². The molecule has 0 atom stereocenters. The molecule has 1 aromatic heterocycles. The molecule has 6 heteroatoms. The number of hydrogen-bond acceptors (Lipinski definition) is 4. The summed E-state index contributed by atoms with van der Waals surface area (Å²) < 4.78 is 1.62. The van der Waals surface area contributed by atoms with Crippen molar-refractivity contribution >= 4 is 11.8 Å². The second kappa shape index (κ2) is 5.44. The molecular weight excluding hydrogens is 256 g/mol. The van der Waals surface area contributed by atoms with E-state index in [1.54, 1.807) is 18.7 Å². The molecule has 2 heterocycles. The topological polar surface area (TPSA) is 70.4 Å². The predicted octanol–water partition coefficient (Wildman–Crippen LogP) is 1.57. The number of aromatic carboxylic acids is 1. The van der Waals surface area contributed by atoms with Crippen molar-refractivity contribution < 1.29 is 9.90 Å². The zero-order valence-electron chi connectivity index (χ0n) is 12.7. The second-order valence-corrected chi connectivity index (χ2v) is 6.21. The van der Waals surface area contributed by atoms with Crippen LogP contribution in [0.15, 0.2) is 0 Å². The molecule has 0 bridgehead atoms. The van der Waals surface area contributed by atoms with Crippen LogP contribution in [0.1, 0.15) is 35.8 Å². The van der Waals surface area contributed by atoms with Crippen LogP contribution in [0.4, 0.5) is 5.82 Å². The van der Waals surface area contributed by atoms with Gasteiger partial charge in [-0.25, -0.2) is 4.79 Å². The number of anilines is 1. The number of carbonyl (C=O) groups is 1. The van der Waals surface area contributed by atoms with Crippen molar-refractivity contribution in [3.8, 4) is 0 Å². The van der Waals surface area contributed by atoms with Crippen molar-refractivity contribution in [2.24, 2.45) is 12.5 Å². The summed E-state index contributed by atoms with van der Waals surface area (Å²) in [5.74, 6) is -0.318. The molecule has 1 aliphatic heterocycles. The van der Waals surface area contributed by atoms with Crippen LogP contribution in [0.25, 0.3) is 0 Å². The Kier molecular flexibility index (Phi) is 4.04. The van der Waals surface area contributed by atoms with Gasteiger partial charge in [0.25, 0.3) is 0 Å². The van der Waals surface area contributed by atoms with Gasteiger partial charge in [-0.3, -0.25) is 4.68 Å². The summed E-state index contributed by atoms with van der Waals surface area (Å²) in [6.07, 6.45) is 2.24. The lowest BCUT2D eigenvalue weighted by Gasteiger charge is -2.38. The SMILES string of the molecule is Cc1nn(C)c(NCC2(C)CCN(C)CC2)c1C(=O)O. The highest BCUT2D eigenvalue weighted by Crippen LogP contribution is 2.31. The van der Waals surface area contributed by atoms with Gasteiger partial charge in [0.05, 0.1) is 5.69 Å². The third-order valence-electron chi connectivity index (χ3n) is 4.31. The highest BCUT2D eigenvalue weighted by atomic mass is 16.4. The van der Waals surface area contributed by atoms with Crippen molar-refractivity contribution in [1.82, 2.24) is 14.7 Å². The lowest BCUT2D eigenvalue weighted by Crippen LogP contribution is -2.40. The minimum Gasteiger partial charge on any atom is -0.477 e. The third kappa shape index (κ3) is 2.95. The molecule has 1 saturated heterocycles. The van der Waals surface area contributed by atoms with Crippen molar-refractivity contribution in [2.45, 2.75) is 26.7 Å². The molecule has 0 radical (unpaired) electrons. The quantitative estimate of drug-likeness (QED) is 0.876. The van der Waals surface area contributed by atoms with Crippen LogP contribution in [-0.4, -0.2) is 52.4 Å². The number of hydrogen-bond donors (Lipinski definition) is 2. The van der Waals surface area contributed by atoms with E-state index in [1.807, 2.05) is 0 Å². The monoisotopic (exact) mass is 280 g/mol. The van der Waals surface area contributed by atoms with Gasteiger partial charge < -0.3 is 15.3 Å². The summed E-state index contributed by atoms with van der Waals surface area (Å²) in [6.45, 7) is 6.95. The van der Waals surface area contributed by atoms with E-state index in [0.29, 0.717) is 11.5 Å². The van der Waals surface area contributed by atoms with Crippen LogP contribution in [0.3, 0.4) is 0 Å². The molecule has 0 saturated carbocycles. The van der Waals surface area contributed by atoms with E-state index >= 15 is 0 Å². The van der Waals surface area contributed by atoms with Gasteiger partial charge in [0, 0.05) is 13.6 Å². The highest BCUT2D eigenvalue weighted by Gasteiger charge is 2.30. The standard InChI is InChI=1S/C14H24N4O2/c1-10-11(13(19)20)12(18(4)16-10)15-9-14(2)5-7-17(3)8-6-14/h15H,5-9H2,1-4H3,(H,19,20). The molecular formula is C14H24N4O2. The smallest absolute Gasteiger partial charge is 0.341 e. The van der Waals surface area contributed by atoms with Crippen LogP contribution in [0, 0.1) is 12.3 Å². The molecule has 20 heavy (non-hydrogen) atoms. The van der Waals surface area contributed by atoms with Crippen LogP contribution >= 0.6 is 0 Å². The second-order valence-electron chi connectivity index (χ2n) is 6.21. The van der Waals surface area contributed by atoms with E-state index in [1.165, 1.54) is 0 Å². The van der Waals surface area contributed by atoms with Crippen molar-refractivity contribution in [3.05, 3.63) is 11.3 Å². The Hall–Kier alpha value is -1.56. The zero-order valence-corrected chi connectivity index (χ0v) is 12.7. The molecule has 0 amide bonds. The maximum absolute atomic E-state index is 11.3. The number of aromatic nitrogens is 2. The van der Waals surface area contributed by atoms with Gasteiger partial charge in [-0.15, -0.1) is 0 Å². The number of rotatable bonds is 4. The number of likely N-dealkylation sites (tertiary alicyclic amines) is 1. The first-order valence-corrected chi connectivity index (χ1v) is 7.02. The Balaban J connectivity index is 2.09. The van der Waals surface area contributed by atoms with E-state index < -0.39 is 5.97 Å². The Morgan fingerprint density at radius 2 is 2.00 bits per heavy atom. The third-order valence-corrected chi connectivity index (χ3v) is 4.31. The van der Waals surface area contributed by atoms with Gasteiger partial charge in [0.15, 0.2) is 0 Å². The molecule has 6 nitrogen and oxygen atoms in total. The minimum absolute atomic E-state index is 0.209. The van der Waals surface area contributed by atoms with E-state index in [4.69, 9.17) is 0 Å². The first-order chi connectivity index (χ1) is 9.32. The molecule has 112 valence electrons. The van der Waals surface area contributed by atoms with Gasteiger partial charge in [-0.05, 0) is 45.3 Å². The van der Waals surface area contributed by atoms with E-state index in [9.17, 15) is 9.90 Å². The number of aryl methyl sites for hydroxylation is 2. The Morgan fingerprint density at radius 3 is 2.55 bits per heavy atom. The highest BCUT2D eigenvalue weighted by molar-refractivity contribution is 5.94. The number of carboxylic acid groups (broad SMARTS) is 1. The average molecular weight is 280 g/mol. The summed E-state index contributed by atoms with van der Waals surface area (Å²) in [5, 5.41) is 16.8. The number of carboxylic acids is 1. The lowest BCUT2D eigenvalue weighted by molar-refractivity contribution is 0.0697. The molecule has 1 fully saturated rings. The van der Waals surface area contributed by atoms with Crippen molar-refractivity contribution in [2.75, 3.05) is 32.0 Å². The maximum Gasteiger partial charge on any atom is 0.341 e. The zero-order chi connectivity index (χ0) is 14.9. The van der Waals surface area contributed by atoms with Gasteiger partial charge in [0.2, 0.25) is 0 Å². The van der Waals surface area contributed by atoms with Crippen LogP contribution in [-0.2, 0) is 7.05 Å². The molecule has 0 unspecified atom stereocenters. The fraction of sp³-hybridized carbons (Fsp3) is 0.714. The van der Waals surface area contributed by atoms with Crippen molar-refractivity contribution in [3.63, 3.8) is 0 Å². The van der Waals surface area contributed by atoms with E-state index in [0.717, 1.165) is 32.5 Å². The molecule has 2 rings (SSSR count). The van der Waals surface area contributed by atoms with Gasteiger partial charge in [0.1, 0.15) is 11.4 Å². The van der Waals surface area contributed by atoms with Gasteiger partial charge >= 0.3 is 5.97 Å². The summed E-state index contributed by atoms with van der Waals surface area (Å²) >= 11 is 0. The van der Waals surface area contributed by atoms with Gasteiger partial charge in [-0.2, -0.15) is 5.10 Å². The fourth-order valence-electron chi connectivity index (χ4n) is 2.75. The van der Waals surface area contributed by atoms with Crippen LogP contribution < -0.4 is 5.32 Å². The lowest BCUT2D eigenvalue weighted by atomic mass is 9.80. The largest absolute Gasteiger partial charge is 0.477 e. The summed E-state index contributed by atoms with van der Waals surface area (Å²) in [7, 11) is 3.92. The number of nitrogens with zero attached hydrogens (tertiary/aromatic N) is 3. The molecule has 1 aliphatic rings. The fourth-order valence-corrected chi connectivity index (χ4v) is 2.75. The first-order valence-electron chi connectivity index (χ1n) is 7.02. The molecule has 1 aromatic rings.